The van der Waals surface area contributed by atoms with Gasteiger partial charge in [0.2, 0.25) is 11.8 Å². The van der Waals surface area contributed by atoms with Crippen LogP contribution in [-0.4, -0.2) is 21.0 Å². The molecule has 2 fully saturated rings. The summed E-state index contributed by atoms with van der Waals surface area (Å²) in [6, 6.07) is 0. The standard InChI is InChI=1S/C18H25N5O2S/c19-18(7-4-8-18)15-22-14(25-23-15)12-17(5-2-1-3-6-17)11-13(24)21-16-20-9-10-26-16/h9-10H,1-8,11-12,19H2,(H,20,21,24). The van der Waals surface area contributed by atoms with E-state index in [-0.39, 0.29) is 11.3 Å². The number of carbonyl (C=O) groups excluding carboxylic acids is 1. The molecule has 2 aromatic heterocycles. The van der Waals surface area contributed by atoms with Gasteiger partial charge < -0.3 is 15.6 Å². The molecule has 0 spiro atoms. The molecule has 1 amide bonds. The number of nitrogens with two attached hydrogens (primary N) is 1. The molecule has 2 saturated carbocycles. The lowest BCUT2D eigenvalue weighted by Crippen LogP contribution is -2.44. The van der Waals surface area contributed by atoms with Crippen molar-refractivity contribution in [3.63, 3.8) is 0 Å². The third kappa shape index (κ3) is 3.66. The molecule has 0 aromatic carbocycles. The van der Waals surface area contributed by atoms with Crippen molar-refractivity contribution < 1.29 is 9.32 Å². The highest BCUT2D eigenvalue weighted by molar-refractivity contribution is 7.13. The second kappa shape index (κ2) is 7.08. The summed E-state index contributed by atoms with van der Waals surface area (Å²) in [7, 11) is 0. The van der Waals surface area contributed by atoms with E-state index in [2.05, 4.69) is 20.4 Å². The first-order chi connectivity index (χ1) is 12.6. The predicted octanol–water partition coefficient (Wildman–Crippen LogP) is 3.39. The van der Waals surface area contributed by atoms with E-state index in [0.29, 0.717) is 29.7 Å². The molecular weight excluding hydrogens is 350 g/mol. The van der Waals surface area contributed by atoms with Crippen LogP contribution in [0, 0.1) is 5.41 Å². The summed E-state index contributed by atoms with van der Waals surface area (Å²) in [5.41, 5.74) is 5.77. The lowest BCUT2D eigenvalue weighted by Gasteiger charge is -2.36. The molecule has 2 aromatic rings. The monoisotopic (exact) mass is 375 g/mol. The van der Waals surface area contributed by atoms with Crippen LogP contribution >= 0.6 is 11.3 Å². The van der Waals surface area contributed by atoms with Gasteiger partial charge in [0.25, 0.3) is 0 Å². The Labute approximate surface area is 156 Å². The van der Waals surface area contributed by atoms with Crippen LogP contribution in [0.1, 0.15) is 69.5 Å². The zero-order chi connectivity index (χ0) is 18.0. The van der Waals surface area contributed by atoms with E-state index >= 15 is 0 Å². The van der Waals surface area contributed by atoms with Crippen LogP contribution in [0.3, 0.4) is 0 Å². The summed E-state index contributed by atoms with van der Waals surface area (Å²) in [6.07, 6.45) is 11.2. The third-order valence-corrected chi connectivity index (χ3v) is 6.50. The molecule has 0 unspecified atom stereocenters. The van der Waals surface area contributed by atoms with Crippen LogP contribution in [0.15, 0.2) is 16.1 Å². The maximum absolute atomic E-state index is 12.6. The van der Waals surface area contributed by atoms with Gasteiger partial charge >= 0.3 is 0 Å². The Morgan fingerprint density at radius 2 is 2.04 bits per heavy atom. The number of rotatable bonds is 6. The smallest absolute Gasteiger partial charge is 0.227 e. The van der Waals surface area contributed by atoms with Crippen molar-refractivity contribution in [2.45, 2.75) is 69.7 Å². The van der Waals surface area contributed by atoms with Gasteiger partial charge in [0.15, 0.2) is 11.0 Å². The zero-order valence-corrected chi connectivity index (χ0v) is 15.7. The van der Waals surface area contributed by atoms with Crippen LogP contribution in [0.4, 0.5) is 5.13 Å². The normalized spacial score (nSPS) is 21.1. The Morgan fingerprint density at radius 3 is 2.69 bits per heavy atom. The molecule has 0 aliphatic heterocycles. The summed E-state index contributed by atoms with van der Waals surface area (Å²) >= 11 is 1.43. The van der Waals surface area contributed by atoms with Crippen molar-refractivity contribution in [3.8, 4) is 0 Å². The van der Waals surface area contributed by atoms with Gasteiger partial charge in [-0.3, -0.25) is 4.79 Å². The maximum atomic E-state index is 12.6. The van der Waals surface area contributed by atoms with E-state index in [0.717, 1.165) is 44.9 Å². The Balaban J connectivity index is 1.46. The Bertz CT molecular complexity index is 747. The average Bonchev–Trinajstić information content (AvgIpc) is 3.25. The van der Waals surface area contributed by atoms with E-state index < -0.39 is 5.54 Å². The molecule has 8 heteroatoms. The van der Waals surface area contributed by atoms with Crippen molar-refractivity contribution in [2.24, 2.45) is 11.1 Å². The van der Waals surface area contributed by atoms with Crippen LogP contribution in [0.2, 0.25) is 0 Å². The molecule has 140 valence electrons. The van der Waals surface area contributed by atoms with Gasteiger partial charge in [-0.1, -0.05) is 24.4 Å². The summed E-state index contributed by atoms with van der Waals surface area (Å²) in [5, 5.41) is 9.54. The fourth-order valence-corrected chi connectivity index (χ4v) is 4.68. The van der Waals surface area contributed by atoms with E-state index in [1.165, 1.54) is 17.8 Å². The number of hydrogen-bond acceptors (Lipinski definition) is 7. The highest BCUT2D eigenvalue weighted by atomic mass is 32.1. The summed E-state index contributed by atoms with van der Waals surface area (Å²) < 4.78 is 5.52. The van der Waals surface area contributed by atoms with Gasteiger partial charge in [0, 0.05) is 24.4 Å². The number of nitrogens with zero attached hydrogens (tertiary/aromatic N) is 3. The second-order valence-corrected chi connectivity index (χ2v) is 8.72. The fourth-order valence-electron chi connectivity index (χ4n) is 4.14. The van der Waals surface area contributed by atoms with Crippen molar-refractivity contribution in [1.29, 1.82) is 0 Å². The molecule has 0 saturated heterocycles. The molecule has 2 heterocycles. The molecule has 3 N–H and O–H groups in total. The van der Waals surface area contributed by atoms with Crippen LogP contribution in [0.5, 0.6) is 0 Å². The second-order valence-electron chi connectivity index (χ2n) is 7.82. The number of thiazole rings is 1. The van der Waals surface area contributed by atoms with Gasteiger partial charge in [-0.25, -0.2) is 4.98 Å². The van der Waals surface area contributed by atoms with Gasteiger partial charge in [0.1, 0.15) is 0 Å². The van der Waals surface area contributed by atoms with Crippen LogP contribution < -0.4 is 11.1 Å². The van der Waals surface area contributed by atoms with E-state index in [1.54, 1.807) is 6.20 Å². The first-order valence-electron chi connectivity index (χ1n) is 9.38. The minimum atomic E-state index is -0.413. The van der Waals surface area contributed by atoms with Crippen molar-refractivity contribution in [3.05, 3.63) is 23.3 Å². The first kappa shape index (κ1) is 17.6. The van der Waals surface area contributed by atoms with Crippen molar-refractivity contribution >= 4 is 22.4 Å². The summed E-state index contributed by atoms with van der Waals surface area (Å²) in [6.45, 7) is 0. The lowest BCUT2D eigenvalue weighted by atomic mass is 9.69. The topological polar surface area (TPSA) is 107 Å². The number of hydrogen-bond donors (Lipinski definition) is 2. The van der Waals surface area contributed by atoms with Crippen molar-refractivity contribution in [1.82, 2.24) is 15.1 Å². The van der Waals surface area contributed by atoms with Crippen LogP contribution in [-0.2, 0) is 16.8 Å². The molecule has 2 aliphatic carbocycles. The molecular formula is C18H25N5O2S. The van der Waals surface area contributed by atoms with Gasteiger partial charge in [-0.05, 0) is 37.5 Å². The number of carbonyl (C=O) groups is 1. The summed E-state index contributed by atoms with van der Waals surface area (Å²) in [5.74, 6) is 1.24. The number of aromatic nitrogens is 3. The van der Waals surface area contributed by atoms with E-state index in [4.69, 9.17) is 10.3 Å². The number of nitrogens with one attached hydrogen (secondary N) is 1. The summed E-state index contributed by atoms with van der Waals surface area (Å²) in [4.78, 5) is 21.3. The molecule has 0 radical (unpaired) electrons. The molecule has 0 bridgehead atoms. The predicted molar refractivity (Wildman–Crippen MR) is 98.6 cm³/mol. The van der Waals surface area contributed by atoms with Gasteiger partial charge in [-0.15, -0.1) is 11.3 Å². The van der Waals surface area contributed by atoms with Gasteiger partial charge in [-0.2, -0.15) is 4.98 Å². The molecule has 4 rings (SSSR count). The van der Waals surface area contributed by atoms with E-state index in [9.17, 15) is 4.79 Å². The first-order valence-corrected chi connectivity index (χ1v) is 10.3. The molecule has 26 heavy (non-hydrogen) atoms. The largest absolute Gasteiger partial charge is 0.339 e. The lowest BCUT2D eigenvalue weighted by molar-refractivity contribution is -0.119. The Morgan fingerprint density at radius 1 is 1.23 bits per heavy atom. The third-order valence-electron chi connectivity index (χ3n) is 5.81. The van der Waals surface area contributed by atoms with Crippen molar-refractivity contribution in [2.75, 3.05) is 5.32 Å². The minimum Gasteiger partial charge on any atom is -0.339 e. The molecule has 0 atom stereocenters. The number of amides is 1. The average molecular weight is 375 g/mol. The quantitative estimate of drug-likeness (QED) is 0.801. The Hall–Kier alpha value is -1.80. The minimum absolute atomic E-state index is 0.0101. The maximum Gasteiger partial charge on any atom is 0.227 e. The SMILES string of the molecule is NC1(c2noc(CC3(CC(=O)Nc4nccs4)CCCCC3)n2)CCC1. The fraction of sp³-hybridized carbons (Fsp3) is 0.667. The number of anilines is 1. The van der Waals surface area contributed by atoms with E-state index in [1.807, 2.05) is 5.38 Å². The highest BCUT2D eigenvalue weighted by Crippen LogP contribution is 2.43. The van der Waals surface area contributed by atoms with Gasteiger partial charge in [0.05, 0.1) is 5.54 Å². The Kier molecular flexibility index (Phi) is 4.79. The van der Waals surface area contributed by atoms with Crippen LogP contribution in [0.25, 0.3) is 0 Å². The highest BCUT2D eigenvalue weighted by Gasteiger charge is 2.41. The zero-order valence-electron chi connectivity index (χ0n) is 14.9. The molecule has 2 aliphatic rings. The molecule has 7 nitrogen and oxygen atoms in total.